The van der Waals surface area contributed by atoms with Gasteiger partial charge in [0.2, 0.25) is 11.8 Å². The number of likely N-dealkylation sites (N-methyl/N-ethyl adjacent to an activating group) is 1. The monoisotopic (exact) mass is 242 g/mol. The number of carbonyl (C=O) groups excluding carboxylic acids is 3. The van der Waals surface area contributed by atoms with Crippen LogP contribution in [0.5, 0.6) is 0 Å². The number of hydrogen-bond donors (Lipinski definition) is 3. The Morgan fingerprint density at radius 1 is 1.24 bits per heavy atom. The van der Waals surface area contributed by atoms with Gasteiger partial charge >= 0.3 is 6.03 Å². The number of hydrogen-bond acceptors (Lipinski definition) is 4. The van der Waals surface area contributed by atoms with E-state index >= 15 is 0 Å². The van der Waals surface area contributed by atoms with Crippen LogP contribution in [-0.4, -0.2) is 56.0 Å². The zero-order chi connectivity index (χ0) is 12.8. The smallest absolute Gasteiger partial charge is 0.321 e. The number of imide groups is 1. The molecule has 1 fully saturated rings. The molecule has 0 aromatic carbocycles. The largest absolute Gasteiger partial charge is 0.358 e. The van der Waals surface area contributed by atoms with Crippen molar-refractivity contribution >= 4 is 17.8 Å². The molecule has 96 valence electrons. The molecule has 1 aliphatic rings. The quantitative estimate of drug-likeness (QED) is 0.571. The van der Waals surface area contributed by atoms with Gasteiger partial charge in [-0.25, -0.2) is 4.79 Å². The highest BCUT2D eigenvalue weighted by Crippen LogP contribution is 2.16. The molecule has 7 nitrogen and oxygen atoms in total. The molecule has 0 aliphatic carbocycles. The van der Waals surface area contributed by atoms with Crippen molar-refractivity contribution in [1.29, 1.82) is 0 Å². The van der Waals surface area contributed by atoms with E-state index in [1.165, 1.54) is 7.05 Å². The summed E-state index contributed by atoms with van der Waals surface area (Å²) in [4.78, 5) is 35.7. The van der Waals surface area contributed by atoms with Gasteiger partial charge in [0.15, 0.2) is 0 Å². The molecule has 7 heteroatoms. The van der Waals surface area contributed by atoms with E-state index in [1.54, 1.807) is 11.9 Å². The summed E-state index contributed by atoms with van der Waals surface area (Å²) in [5.74, 6) is -0.490. The summed E-state index contributed by atoms with van der Waals surface area (Å²) in [6, 6.07) is -0.805. The minimum atomic E-state index is -0.536. The average molecular weight is 242 g/mol. The molecule has 0 aromatic heterocycles. The SMILES string of the molecule is CNC(=O)NC(=O)CN1CCCC1C(=O)NC. The maximum Gasteiger partial charge on any atom is 0.321 e. The highest BCUT2D eigenvalue weighted by Gasteiger charge is 2.31. The van der Waals surface area contributed by atoms with E-state index in [0.29, 0.717) is 6.54 Å². The Morgan fingerprint density at radius 3 is 2.53 bits per heavy atom. The van der Waals surface area contributed by atoms with Crippen molar-refractivity contribution in [3.05, 3.63) is 0 Å². The van der Waals surface area contributed by atoms with Crippen molar-refractivity contribution in [3.63, 3.8) is 0 Å². The van der Waals surface area contributed by atoms with Gasteiger partial charge in [-0.15, -0.1) is 0 Å². The fourth-order valence-corrected chi connectivity index (χ4v) is 1.89. The Morgan fingerprint density at radius 2 is 1.94 bits per heavy atom. The second-order valence-corrected chi connectivity index (χ2v) is 3.87. The van der Waals surface area contributed by atoms with Crippen LogP contribution in [0, 0.1) is 0 Å². The Balaban J connectivity index is 2.47. The first-order chi connectivity index (χ1) is 8.08. The summed E-state index contributed by atoms with van der Waals surface area (Å²) in [5, 5.41) is 7.04. The third-order valence-corrected chi connectivity index (χ3v) is 2.74. The predicted molar refractivity (Wildman–Crippen MR) is 61.3 cm³/mol. The van der Waals surface area contributed by atoms with Crippen molar-refractivity contribution < 1.29 is 14.4 Å². The van der Waals surface area contributed by atoms with Crippen LogP contribution in [0.4, 0.5) is 4.79 Å². The molecule has 1 aliphatic heterocycles. The Labute approximate surface area is 99.9 Å². The first kappa shape index (κ1) is 13.4. The van der Waals surface area contributed by atoms with E-state index in [0.717, 1.165) is 12.8 Å². The molecule has 3 N–H and O–H groups in total. The molecule has 1 unspecified atom stereocenters. The topological polar surface area (TPSA) is 90.5 Å². The zero-order valence-corrected chi connectivity index (χ0v) is 10.1. The van der Waals surface area contributed by atoms with E-state index in [2.05, 4.69) is 16.0 Å². The van der Waals surface area contributed by atoms with Crippen molar-refractivity contribution in [2.75, 3.05) is 27.2 Å². The summed E-state index contributed by atoms with van der Waals surface area (Å²) in [6.07, 6.45) is 1.62. The lowest BCUT2D eigenvalue weighted by Crippen LogP contribution is -2.48. The fraction of sp³-hybridized carbons (Fsp3) is 0.700. The lowest BCUT2D eigenvalue weighted by Gasteiger charge is -2.21. The van der Waals surface area contributed by atoms with Gasteiger partial charge in [-0.1, -0.05) is 0 Å². The minimum absolute atomic E-state index is 0.0610. The lowest BCUT2D eigenvalue weighted by atomic mass is 10.2. The molecule has 17 heavy (non-hydrogen) atoms. The van der Waals surface area contributed by atoms with Gasteiger partial charge in [-0.3, -0.25) is 19.8 Å². The number of likely N-dealkylation sites (tertiary alicyclic amines) is 1. The van der Waals surface area contributed by atoms with Crippen LogP contribution in [0.25, 0.3) is 0 Å². The van der Waals surface area contributed by atoms with E-state index in [9.17, 15) is 14.4 Å². The number of nitrogens with one attached hydrogen (secondary N) is 3. The van der Waals surface area contributed by atoms with Gasteiger partial charge in [0.25, 0.3) is 0 Å². The van der Waals surface area contributed by atoms with Crippen LogP contribution in [0.3, 0.4) is 0 Å². The fourth-order valence-electron chi connectivity index (χ4n) is 1.89. The predicted octanol–water partition coefficient (Wildman–Crippen LogP) is -1.35. The second-order valence-electron chi connectivity index (χ2n) is 3.87. The van der Waals surface area contributed by atoms with Gasteiger partial charge in [0.05, 0.1) is 12.6 Å². The summed E-state index contributed by atoms with van der Waals surface area (Å²) in [5.41, 5.74) is 0. The second kappa shape index (κ2) is 6.19. The van der Waals surface area contributed by atoms with Crippen LogP contribution in [0.1, 0.15) is 12.8 Å². The third kappa shape index (κ3) is 3.70. The van der Waals surface area contributed by atoms with Gasteiger partial charge in [0, 0.05) is 14.1 Å². The van der Waals surface area contributed by atoms with E-state index in [1.807, 2.05) is 0 Å². The lowest BCUT2D eigenvalue weighted by molar-refractivity contribution is -0.126. The summed E-state index contributed by atoms with van der Waals surface area (Å²) in [7, 11) is 3.01. The zero-order valence-electron chi connectivity index (χ0n) is 10.1. The molecular formula is C10H18N4O3. The van der Waals surface area contributed by atoms with Gasteiger partial charge in [-0.2, -0.15) is 0 Å². The number of amides is 4. The van der Waals surface area contributed by atoms with Crippen LogP contribution in [0.2, 0.25) is 0 Å². The summed E-state index contributed by atoms with van der Waals surface area (Å²) in [6.45, 7) is 0.755. The van der Waals surface area contributed by atoms with Gasteiger partial charge in [-0.05, 0) is 19.4 Å². The highest BCUT2D eigenvalue weighted by molar-refractivity contribution is 5.95. The molecule has 0 saturated carbocycles. The molecule has 0 bridgehead atoms. The maximum absolute atomic E-state index is 11.5. The molecule has 0 aromatic rings. The van der Waals surface area contributed by atoms with Crippen molar-refractivity contribution in [2.45, 2.75) is 18.9 Å². The molecule has 1 rings (SSSR count). The number of nitrogens with zero attached hydrogens (tertiary/aromatic N) is 1. The van der Waals surface area contributed by atoms with E-state index < -0.39 is 11.9 Å². The molecule has 1 heterocycles. The number of urea groups is 1. The number of rotatable bonds is 3. The summed E-state index contributed by atoms with van der Waals surface area (Å²) < 4.78 is 0. The summed E-state index contributed by atoms with van der Waals surface area (Å²) >= 11 is 0. The first-order valence-electron chi connectivity index (χ1n) is 5.55. The van der Waals surface area contributed by atoms with Crippen LogP contribution < -0.4 is 16.0 Å². The Kier molecular flexibility index (Phi) is 4.89. The molecule has 0 radical (unpaired) electrons. The Hall–Kier alpha value is -1.63. The minimum Gasteiger partial charge on any atom is -0.358 e. The molecule has 1 saturated heterocycles. The van der Waals surface area contributed by atoms with E-state index in [-0.39, 0.29) is 18.5 Å². The van der Waals surface area contributed by atoms with Crippen molar-refractivity contribution in [2.24, 2.45) is 0 Å². The molecule has 1 atom stereocenters. The van der Waals surface area contributed by atoms with Crippen LogP contribution >= 0.6 is 0 Å². The van der Waals surface area contributed by atoms with Gasteiger partial charge in [0.1, 0.15) is 0 Å². The Bertz CT molecular complexity index is 319. The molecule has 4 amide bonds. The highest BCUT2D eigenvalue weighted by atomic mass is 16.2. The maximum atomic E-state index is 11.5. The van der Waals surface area contributed by atoms with E-state index in [4.69, 9.17) is 0 Å². The van der Waals surface area contributed by atoms with Crippen LogP contribution in [0.15, 0.2) is 0 Å². The standard InChI is InChI=1S/C10H18N4O3/c1-11-9(16)7-4-3-5-14(7)6-8(15)13-10(17)12-2/h7H,3-6H2,1-2H3,(H,11,16)(H2,12,13,15,17). The van der Waals surface area contributed by atoms with Crippen molar-refractivity contribution in [3.8, 4) is 0 Å². The normalized spacial score (nSPS) is 19.8. The van der Waals surface area contributed by atoms with Crippen LogP contribution in [-0.2, 0) is 9.59 Å². The molecule has 0 spiro atoms. The third-order valence-electron chi connectivity index (χ3n) is 2.74. The van der Waals surface area contributed by atoms with Crippen molar-refractivity contribution in [1.82, 2.24) is 20.9 Å². The number of carbonyl (C=O) groups is 3. The van der Waals surface area contributed by atoms with Gasteiger partial charge < -0.3 is 10.6 Å². The average Bonchev–Trinajstić information content (AvgIpc) is 2.75. The molecular weight excluding hydrogens is 224 g/mol. The first-order valence-corrected chi connectivity index (χ1v) is 5.55.